The summed E-state index contributed by atoms with van der Waals surface area (Å²) in [6, 6.07) is 7.98. The van der Waals surface area contributed by atoms with Crippen molar-refractivity contribution in [1.29, 1.82) is 0 Å². The summed E-state index contributed by atoms with van der Waals surface area (Å²) in [5, 5.41) is 0. The van der Waals surface area contributed by atoms with E-state index in [4.69, 9.17) is 4.74 Å². The molecule has 1 unspecified atom stereocenters. The van der Waals surface area contributed by atoms with Crippen LogP contribution in [0.2, 0.25) is 0 Å². The monoisotopic (exact) mass is 379 g/mol. The predicted molar refractivity (Wildman–Crippen MR) is 98.0 cm³/mol. The average molecular weight is 380 g/mol. The standard InChI is InChI=1S/C18H21NO4S2/c1-12-11-14(7-8-16(12)23-3)18(20)15-5-4-10-19(15)25(21,22)17-9-6-13(2)24-17/h6-9,11,15H,4-5,10H2,1-3H3. The Labute approximate surface area is 152 Å². The van der Waals surface area contributed by atoms with Crippen molar-refractivity contribution >= 4 is 27.1 Å². The third kappa shape index (κ3) is 3.36. The third-order valence-corrected chi connectivity index (χ3v) is 7.84. The number of thiophene rings is 1. The maximum Gasteiger partial charge on any atom is 0.253 e. The van der Waals surface area contributed by atoms with Crippen LogP contribution in [0.1, 0.15) is 33.6 Å². The lowest BCUT2D eigenvalue weighted by molar-refractivity contribution is 0.0918. The Hall–Kier alpha value is -1.70. The second-order valence-corrected chi connectivity index (χ2v) is 9.59. The normalized spacial score (nSPS) is 18.4. The van der Waals surface area contributed by atoms with Crippen LogP contribution in [0.3, 0.4) is 0 Å². The molecule has 1 aromatic heterocycles. The maximum absolute atomic E-state index is 12.9. The van der Waals surface area contributed by atoms with Gasteiger partial charge >= 0.3 is 0 Å². The van der Waals surface area contributed by atoms with Crippen molar-refractivity contribution in [2.45, 2.75) is 36.9 Å². The molecule has 0 amide bonds. The molecule has 1 fully saturated rings. The first-order valence-electron chi connectivity index (χ1n) is 8.11. The summed E-state index contributed by atoms with van der Waals surface area (Å²) in [7, 11) is -2.06. The van der Waals surface area contributed by atoms with Crippen molar-refractivity contribution in [3.05, 3.63) is 46.3 Å². The second-order valence-electron chi connectivity index (χ2n) is 6.19. The lowest BCUT2D eigenvalue weighted by Gasteiger charge is -2.22. The molecule has 134 valence electrons. The van der Waals surface area contributed by atoms with Gasteiger partial charge in [-0.15, -0.1) is 11.3 Å². The minimum absolute atomic E-state index is 0.153. The second kappa shape index (κ2) is 6.90. The van der Waals surface area contributed by atoms with E-state index in [1.54, 1.807) is 37.4 Å². The topological polar surface area (TPSA) is 63.7 Å². The first-order chi connectivity index (χ1) is 11.8. The molecule has 2 aromatic rings. The van der Waals surface area contributed by atoms with Gasteiger partial charge in [0.1, 0.15) is 9.96 Å². The van der Waals surface area contributed by atoms with Crippen molar-refractivity contribution in [2.24, 2.45) is 0 Å². The smallest absolute Gasteiger partial charge is 0.253 e. The maximum atomic E-state index is 12.9. The fourth-order valence-electron chi connectivity index (χ4n) is 3.18. The number of hydrogen-bond donors (Lipinski definition) is 0. The predicted octanol–water partition coefficient (Wildman–Crippen LogP) is 3.41. The van der Waals surface area contributed by atoms with Gasteiger partial charge in [0.2, 0.25) is 0 Å². The van der Waals surface area contributed by atoms with Crippen LogP contribution in [0, 0.1) is 13.8 Å². The van der Waals surface area contributed by atoms with E-state index >= 15 is 0 Å². The Morgan fingerprint density at radius 2 is 2.00 bits per heavy atom. The molecular formula is C18H21NO4S2. The quantitative estimate of drug-likeness (QED) is 0.747. The summed E-state index contributed by atoms with van der Waals surface area (Å²) in [5.41, 5.74) is 1.38. The molecular weight excluding hydrogens is 358 g/mol. The molecule has 0 spiro atoms. The number of ketones is 1. The molecule has 0 radical (unpaired) electrons. The van der Waals surface area contributed by atoms with Gasteiger partial charge in [0.15, 0.2) is 5.78 Å². The van der Waals surface area contributed by atoms with Gasteiger partial charge in [0.25, 0.3) is 10.0 Å². The minimum atomic E-state index is -3.64. The zero-order chi connectivity index (χ0) is 18.2. The Bertz CT molecular complexity index is 902. The van der Waals surface area contributed by atoms with E-state index in [1.165, 1.54) is 15.6 Å². The highest BCUT2D eigenvalue weighted by molar-refractivity contribution is 7.91. The zero-order valence-corrected chi connectivity index (χ0v) is 16.1. The SMILES string of the molecule is COc1ccc(C(=O)C2CCCN2S(=O)(=O)c2ccc(C)s2)cc1C. The molecule has 5 nitrogen and oxygen atoms in total. The average Bonchev–Trinajstić information content (AvgIpc) is 3.23. The molecule has 1 saturated heterocycles. The van der Waals surface area contributed by atoms with Crippen LogP contribution in [0.4, 0.5) is 0 Å². The van der Waals surface area contributed by atoms with Crippen LogP contribution in [-0.2, 0) is 10.0 Å². The number of sulfonamides is 1. The van der Waals surface area contributed by atoms with E-state index in [1.807, 2.05) is 13.8 Å². The van der Waals surface area contributed by atoms with Gasteiger partial charge in [-0.3, -0.25) is 4.79 Å². The molecule has 0 aliphatic carbocycles. The first-order valence-corrected chi connectivity index (χ1v) is 10.4. The van der Waals surface area contributed by atoms with E-state index < -0.39 is 16.1 Å². The van der Waals surface area contributed by atoms with Crippen LogP contribution in [0.25, 0.3) is 0 Å². The number of nitrogens with zero attached hydrogens (tertiary/aromatic N) is 1. The number of ether oxygens (including phenoxy) is 1. The minimum Gasteiger partial charge on any atom is -0.496 e. The summed E-state index contributed by atoms with van der Waals surface area (Å²) >= 11 is 1.24. The molecule has 3 rings (SSSR count). The van der Waals surface area contributed by atoms with Crippen LogP contribution in [0.15, 0.2) is 34.5 Å². The Morgan fingerprint density at radius 3 is 2.60 bits per heavy atom. The summed E-state index contributed by atoms with van der Waals surface area (Å²) in [6.07, 6.45) is 1.24. The van der Waals surface area contributed by atoms with Crippen LogP contribution in [0.5, 0.6) is 5.75 Å². The lowest BCUT2D eigenvalue weighted by atomic mass is 10.0. The van der Waals surface area contributed by atoms with E-state index in [0.717, 1.165) is 10.4 Å². The van der Waals surface area contributed by atoms with Gasteiger partial charge in [0.05, 0.1) is 13.2 Å². The van der Waals surface area contributed by atoms with Crippen molar-refractivity contribution < 1.29 is 17.9 Å². The zero-order valence-electron chi connectivity index (χ0n) is 14.5. The molecule has 1 aromatic carbocycles. The molecule has 0 N–H and O–H groups in total. The molecule has 2 heterocycles. The largest absolute Gasteiger partial charge is 0.496 e. The summed E-state index contributed by atoms with van der Waals surface area (Å²) in [4.78, 5) is 13.9. The van der Waals surface area contributed by atoms with Crippen LogP contribution >= 0.6 is 11.3 Å². The number of Topliss-reactive ketones (excluding diaryl/α,β-unsaturated/α-hetero) is 1. The highest BCUT2D eigenvalue weighted by Crippen LogP contribution is 2.32. The molecule has 0 bridgehead atoms. The first kappa shape index (κ1) is 18.1. The van der Waals surface area contributed by atoms with Gasteiger partial charge in [-0.2, -0.15) is 4.31 Å². The number of benzene rings is 1. The third-order valence-electron chi connectivity index (χ3n) is 4.46. The van der Waals surface area contributed by atoms with E-state index in [2.05, 4.69) is 0 Å². The van der Waals surface area contributed by atoms with E-state index in [9.17, 15) is 13.2 Å². The highest BCUT2D eigenvalue weighted by Gasteiger charge is 2.40. The summed E-state index contributed by atoms with van der Waals surface area (Å²) < 4.78 is 32.7. The number of methoxy groups -OCH3 is 1. The van der Waals surface area contributed by atoms with Crippen molar-refractivity contribution in [1.82, 2.24) is 4.31 Å². The summed E-state index contributed by atoms with van der Waals surface area (Å²) in [5.74, 6) is 0.557. The van der Waals surface area contributed by atoms with Gasteiger partial charge < -0.3 is 4.74 Å². The van der Waals surface area contributed by atoms with E-state index in [-0.39, 0.29) is 5.78 Å². The Kier molecular flexibility index (Phi) is 4.99. The molecule has 25 heavy (non-hydrogen) atoms. The van der Waals surface area contributed by atoms with E-state index in [0.29, 0.717) is 34.9 Å². The van der Waals surface area contributed by atoms with Gasteiger partial charge in [-0.1, -0.05) is 0 Å². The van der Waals surface area contributed by atoms with Gasteiger partial charge in [-0.25, -0.2) is 8.42 Å². The Balaban J connectivity index is 1.91. The lowest BCUT2D eigenvalue weighted by Crippen LogP contribution is -2.40. The van der Waals surface area contributed by atoms with Crippen molar-refractivity contribution in [3.63, 3.8) is 0 Å². The number of carbonyl (C=O) groups excluding carboxylic acids is 1. The molecule has 1 aliphatic heterocycles. The Morgan fingerprint density at radius 1 is 1.24 bits per heavy atom. The van der Waals surface area contributed by atoms with Gasteiger partial charge in [-0.05, 0) is 62.6 Å². The number of carbonyl (C=O) groups is 1. The van der Waals surface area contributed by atoms with Crippen LogP contribution < -0.4 is 4.74 Å². The van der Waals surface area contributed by atoms with Crippen molar-refractivity contribution in [3.8, 4) is 5.75 Å². The van der Waals surface area contributed by atoms with Crippen molar-refractivity contribution in [2.75, 3.05) is 13.7 Å². The number of aryl methyl sites for hydroxylation is 2. The molecule has 7 heteroatoms. The highest BCUT2D eigenvalue weighted by atomic mass is 32.2. The molecule has 1 atom stereocenters. The summed E-state index contributed by atoms with van der Waals surface area (Å²) in [6.45, 7) is 4.12. The van der Waals surface area contributed by atoms with Crippen LogP contribution in [-0.4, -0.2) is 38.2 Å². The number of hydrogen-bond acceptors (Lipinski definition) is 5. The molecule has 1 aliphatic rings. The molecule has 0 saturated carbocycles. The fraction of sp³-hybridized carbons (Fsp3) is 0.389. The fourth-order valence-corrected chi connectivity index (χ4v) is 6.25. The number of rotatable bonds is 5. The van der Waals surface area contributed by atoms with Gasteiger partial charge in [0, 0.05) is 17.0 Å².